The van der Waals surface area contributed by atoms with Crippen LogP contribution in [0.1, 0.15) is 16.1 Å². The van der Waals surface area contributed by atoms with E-state index in [1.54, 1.807) is 30.6 Å². The van der Waals surface area contributed by atoms with E-state index in [4.69, 9.17) is 5.84 Å². The Morgan fingerprint density at radius 1 is 1.47 bits per heavy atom. The highest BCUT2D eigenvalue weighted by atomic mass is 32.1. The highest BCUT2D eigenvalue weighted by Gasteiger charge is 2.09. The lowest BCUT2D eigenvalue weighted by atomic mass is 10.2. The minimum atomic E-state index is -0.234. The van der Waals surface area contributed by atoms with E-state index in [9.17, 15) is 4.79 Å². The zero-order chi connectivity index (χ0) is 12.3. The molecular weight excluding hydrogens is 238 g/mol. The quantitative estimate of drug-likeness (QED) is 0.564. The van der Waals surface area contributed by atoms with Crippen molar-refractivity contribution in [3.8, 4) is 0 Å². The molecule has 1 amide bonds. The first-order valence-corrected chi connectivity index (χ1v) is 5.73. The van der Waals surface area contributed by atoms with Gasteiger partial charge in [0, 0.05) is 22.8 Å². The highest BCUT2D eigenvalue weighted by molar-refractivity contribution is 7.13. The number of hydrazine groups is 1. The maximum Gasteiger partial charge on any atom is 0.257 e. The van der Waals surface area contributed by atoms with Gasteiger partial charge in [-0.25, -0.2) is 15.8 Å². The Morgan fingerprint density at radius 2 is 2.29 bits per heavy atom. The number of carbonyl (C=O) groups excluding carboxylic acids is 1. The summed E-state index contributed by atoms with van der Waals surface area (Å²) in [6.45, 7) is 1.79. The molecule has 0 aliphatic heterocycles. The van der Waals surface area contributed by atoms with Gasteiger partial charge in [0.1, 0.15) is 5.82 Å². The van der Waals surface area contributed by atoms with Crippen LogP contribution in [0.3, 0.4) is 0 Å². The van der Waals surface area contributed by atoms with E-state index in [1.807, 2.05) is 0 Å². The van der Waals surface area contributed by atoms with E-state index in [0.29, 0.717) is 22.2 Å². The number of hydrogen-bond acceptors (Lipinski definition) is 6. The largest absolute Gasteiger partial charge is 0.308 e. The Kier molecular flexibility index (Phi) is 3.31. The Balaban J connectivity index is 2.21. The van der Waals surface area contributed by atoms with Gasteiger partial charge in [0.15, 0.2) is 5.13 Å². The summed E-state index contributed by atoms with van der Waals surface area (Å²) >= 11 is 1.36. The van der Waals surface area contributed by atoms with Gasteiger partial charge in [0.2, 0.25) is 0 Å². The minimum Gasteiger partial charge on any atom is -0.308 e. The number of nitrogens with one attached hydrogen (secondary N) is 2. The van der Waals surface area contributed by atoms with Crippen LogP contribution in [0, 0.1) is 6.92 Å². The summed E-state index contributed by atoms with van der Waals surface area (Å²) in [4.78, 5) is 20.0. The van der Waals surface area contributed by atoms with Crippen LogP contribution >= 0.6 is 11.3 Å². The Labute approximate surface area is 102 Å². The number of aryl methyl sites for hydroxylation is 1. The van der Waals surface area contributed by atoms with Crippen molar-refractivity contribution in [1.29, 1.82) is 0 Å². The van der Waals surface area contributed by atoms with E-state index in [-0.39, 0.29) is 5.91 Å². The van der Waals surface area contributed by atoms with E-state index < -0.39 is 0 Å². The Morgan fingerprint density at radius 3 is 2.94 bits per heavy atom. The van der Waals surface area contributed by atoms with Crippen molar-refractivity contribution in [3.63, 3.8) is 0 Å². The average molecular weight is 249 g/mol. The number of amides is 1. The third kappa shape index (κ3) is 2.77. The van der Waals surface area contributed by atoms with Crippen LogP contribution in [-0.4, -0.2) is 15.9 Å². The molecular formula is C10H11N5OS. The molecule has 6 nitrogen and oxygen atoms in total. The molecule has 0 atom stereocenters. The van der Waals surface area contributed by atoms with Crippen LogP contribution < -0.4 is 16.6 Å². The second-order valence-electron chi connectivity index (χ2n) is 3.32. The molecule has 0 radical (unpaired) electrons. The van der Waals surface area contributed by atoms with Gasteiger partial charge >= 0.3 is 0 Å². The second kappa shape index (κ2) is 4.89. The van der Waals surface area contributed by atoms with Gasteiger partial charge in [-0.3, -0.25) is 10.1 Å². The lowest BCUT2D eigenvalue weighted by molar-refractivity contribution is 0.102. The first kappa shape index (κ1) is 11.5. The van der Waals surface area contributed by atoms with Crippen LogP contribution in [0.15, 0.2) is 23.7 Å². The molecule has 0 fully saturated rings. The average Bonchev–Trinajstić information content (AvgIpc) is 2.81. The molecule has 88 valence electrons. The normalized spacial score (nSPS) is 10.0. The molecule has 17 heavy (non-hydrogen) atoms. The molecule has 0 aliphatic carbocycles. The molecule has 7 heteroatoms. The first-order chi connectivity index (χ1) is 8.19. The molecule has 0 spiro atoms. The summed E-state index contributed by atoms with van der Waals surface area (Å²) < 4.78 is 0. The predicted octanol–water partition coefficient (Wildman–Crippen LogP) is 1.38. The lowest BCUT2D eigenvalue weighted by Gasteiger charge is -2.05. The van der Waals surface area contributed by atoms with Crippen molar-refractivity contribution in [2.24, 2.45) is 5.84 Å². The summed E-state index contributed by atoms with van der Waals surface area (Å²) in [5.74, 6) is 5.49. The van der Waals surface area contributed by atoms with Gasteiger partial charge in [-0.1, -0.05) is 0 Å². The van der Waals surface area contributed by atoms with Crippen LogP contribution in [-0.2, 0) is 0 Å². The number of rotatable bonds is 3. The van der Waals surface area contributed by atoms with Crippen LogP contribution in [0.4, 0.5) is 10.9 Å². The number of nitrogens with zero attached hydrogens (tertiary/aromatic N) is 2. The van der Waals surface area contributed by atoms with E-state index in [1.165, 1.54) is 11.3 Å². The third-order valence-corrected chi connectivity index (χ3v) is 2.70. The molecule has 2 heterocycles. The van der Waals surface area contributed by atoms with Crippen molar-refractivity contribution in [1.82, 2.24) is 9.97 Å². The van der Waals surface area contributed by atoms with Crippen molar-refractivity contribution >= 4 is 28.2 Å². The van der Waals surface area contributed by atoms with Gasteiger partial charge in [0.05, 0.1) is 0 Å². The third-order valence-electron chi connectivity index (χ3n) is 2.02. The fourth-order valence-corrected chi connectivity index (χ4v) is 1.85. The number of aromatic nitrogens is 2. The van der Waals surface area contributed by atoms with Crippen molar-refractivity contribution < 1.29 is 4.79 Å². The van der Waals surface area contributed by atoms with Gasteiger partial charge < -0.3 is 5.43 Å². The molecule has 0 unspecified atom stereocenters. The maximum atomic E-state index is 11.9. The summed E-state index contributed by atoms with van der Waals surface area (Å²) in [7, 11) is 0. The molecule has 0 saturated heterocycles. The minimum absolute atomic E-state index is 0.234. The molecule has 0 saturated carbocycles. The number of thiazole rings is 1. The number of hydrogen-bond donors (Lipinski definition) is 3. The van der Waals surface area contributed by atoms with Gasteiger partial charge in [0.25, 0.3) is 5.91 Å². The first-order valence-electron chi connectivity index (χ1n) is 4.85. The standard InChI is InChI=1S/C10H11N5OS/c1-6-4-7(5-8(13-6)15-11)9(16)14-10-12-2-3-17-10/h2-5H,11H2,1H3,(H,13,15)(H,12,14,16). The van der Waals surface area contributed by atoms with E-state index in [2.05, 4.69) is 20.7 Å². The number of anilines is 2. The fourth-order valence-electron chi connectivity index (χ4n) is 1.33. The lowest BCUT2D eigenvalue weighted by Crippen LogP contribution is -2.15. The van der Waals surface area contributed by atoms with Crippen molar-refractivity contribution in [2.75, 3.05) is 10.7 Å². The highest BCUT2D eigenvalue weighted by Crippen LogP contribution is 2.14. The van der Waals surface area contributed by atoms with Gasteiger partial charge in [-0.05, 0) is 19.1 Å². The summed E-state index contributed by atoms with van der Waals surface area (Å²) in [5.41, 5.74) is 3.62. The summed E-state index contributed by atoms with van der Waals surface area (Å²) in [6.07, 6.45) is 1.63. The van der Waals surface area contributed by atoms with E-state index in [0.717, 1.165) is 0 Å². The smallest absolute Gasteiger partial charge is 0.257 e. The zero-order valence-electron chi connectivity index (χ0n) is 9.10. The molecule has 0 bridgehead atoms. The summed E-state index contributed by atoms with van der Waals surface area (Å²) in [5, 5.41) is 5.04. The van der Waals surface area contributed by atoms with Crippen molar-refractivity contribution in [2.45, 2.75) is 6.92 Å². The van der Waals surface area contributed by atoms with Crippen LogP contribution in [0.5, 0.6) is 0 Å². The maximum absolute atomic E-state index is 11.9. The Bertz CT molecular complexity index is 525. The summed E-state index contributed by atoms with van der Waals surface area (Å²) in [6, 6.07) is 3.26. The number of pyridine rings is 1. The van der Waals surface area contributed by atoms with Crippen LogP contribution in [0.2, 0.25) is 0 Å². The van der Waals surface area contributed by atoms with E-state index >= 15 is 0 Å². The topological polar surface area (TPSA) is 92.9 Å². The Hall–Kier alpha value is -1.99. The molecule has 0 aromatic carbocycles. The molecule has 2 rings (SSSR count). The SMILES string of the molecule is Cc1cc(C(=O)Nc2nccs2)cc(NN)n1. The van der Waals surface area contributed by atoms with Crippen molar-refractivity contribution in [3.05, 3.63) is 35.0 Å². The number of nitrogen functional groups attached to an aromatic ring is 1. The van der Waals surface area contributed by atoms with Gasteiger partial charge in [-0.2, -0.15) is 0 Å². The fraction of sp³-hybridized carbons (Fsp3) is 0.100. The molecule has 2 aromatic rings. The van der Waals surface area contributed by atoms with Gasteiger partial charge in [-0.15, -0.1) is 11.3 Å². The molecule has 0 aliphatic rings. The predicted molar refractivity (Wildman–Crippen MR) is 66.9 cm³/mol. The number of nitrogens with two attached hydrogens (primary N) is 1. The molecule has 2 aromatic heterocycles. The number of carbonyl (C=O) groups is 1. The molecule has 4 N–H and O–H groups in total. The second-order valence-corrected chi connectivity index (χ2v) is 4.21. The van der Waals surface area contributed by atoms with Crippen LogP contribution in [0.25, 0.3) is 0 Å². The monoisotopic (exact) mass is 249 g/mol. The zero-order valence-corrected chi connectivity index (χ0v) is 9.91.